The Morgan fingerprint density at radius 3 is 2.28 bits per heavy atom. The molecule has 3 heteroatoms. The van der Waals surface area contributed by atoms with Crippen molar-refractivity contribution in [1.29, 1.82) is 0 Å². The number of likely N-dealkylation sites (N-methyl/N-ethyl adjacent to an activating group) is 1. The standard InChI is InChI=1S/C15H25BrN2/c1-12(2)10-18(4)15(3,11-17)9-13-5-7-14(16)8-6-13/h5-8,12H,9-11,17H2,1-4H3. The quantitative estimate of drug-likeness (QED) is 0.873. The third-order valence-electron chi connectivity index (χ3n) is 3.50. The van der Waals surface area contributed by atoms with Crippen molar-refractivity contribution in [2.45, 2.75) is 32.7 Å². The zero-order chi connectivity index (χ0) is 13.8. The minimum absolute atomic E-state index is 0.0259. The summed E-state index contributed by atoms with van der Waals surface area (Å²) >= 11 is 3.47. The van der Waals surface area contributed by atoms with E-state index in [2.05, 4.69) is 72.9 Å². The Balaban J connectivity index is 2.78. The monoisotopic (exact) mass is 312 g/mol. The molecule has 0 aliphatic heterocycles. The maximum absolute atomic E-state index is 6.01. The molecule has 2 nitrogen and oxygen atoms in total. The van der Waals surface area contributed by atoms with Gasteiger partial charge in [-0.05, 0) is 44.0 Å². The second kappa shape index (κ2) is 6.69. The third kappa shape index (κ3) is 4.38. The number of nitrogens with zero attached hydrogens (tertiary/aromatic N) is 1. The van der Waals surface area contributed by atoms with Crippen LogP contribution in [0.3, 0.4) is 0 Å². The van der Waals surface area contributed by atoms with Crippen molar-refractivity contribution in [3.8, 4) is 0 Å². The highest BCUT2D eigenvalue weighted by Gasteiger charge is 2.28. The van der Waals surface area contributed by atoms with Crippen LogP contribution in [-0.4, -0.2) is 30.6 Å². The summed E-state index contributed by atoms with van der Waals surface area (Å²) < 4.78 is 1.12. The van der Waals surface area contributed by atoms with Gasteiger partial charge in [-0.25, -0.2) is 0 Å². The molecule has 1 aromatic carbocycles. The number of hydrogen-bond acceptors (Lipinski definition) is 2. The topological polar surface area (TPSA) is 29.3 Å². The van der Waals surface area contributed by atoms with E-state index in [-0.39, 0.29) is 5.54 Å². The molecule has 0 amide bonds. The van der Waals surface area contributed by atoms with E-state index in [1.807, 2.05) is 0 Å². The van der Waals surface area contributed by atoms with Crippen molar-refractivity contribution in [3.63, 3.8) is 0 Å². The van der Waals surface area contributed by atoms with Crippen LogP contribution in [0.15, 0.2) is 28.7 Å². The molecule has 0 aromatic heterocycles. The minimum atomic E-state index is 0.0259. The van der Waals surface area contributed by atoms with E-state index in [1.165, 1.54) is 5.56 Å². The molecule has 0 aliphatic carbocycles. The van der Waals surface area contributed by atoms with E-state index in [9.17, 15) is 0 Å². The highest BCUT2D eigenvalue weighted by Crippen LogP contribution is 2.21. The lowest BCUT2D eigenvalue weighted by Gasteiger charge is -2.39. The van der Waals surface area contributed by atoms with Crippen LogP contribution in [-0.2, 0) is 6.42 Å². The van der Waals surface area contributed by atoms with Crippen LogP contribution in [0.1, 0.15) is 26.3 Å². The summed E-state index contributed by atoms with van der Waals surface area (Å²) in [6, 6.07) is 8.52. The SMILES string of the molecule is CC(C)CN(C)C(C)(CN)Cc1ccc(Br)cc1. The fraction of sp³-hybridized carbons (Fsp3) is 0.600. The van der Waals surface area contributed by atoms with Gasteiger partial charge in [-0.2, -0.15) is 0 Å². The number of halogens is 1. The molecule has 1 unspecified atom stereocenters. The first-order valence-corrected chi connectivity index (χ1v) is 7.32. The van der Waals surface area contributed by atoms with Gasteiger partial charge in [0, 0.05) is 23.1 Å². The molecule has 0 saturated carbocycles. The van der Waals surface area contributed by atoms with Crippen LogP contribution in [0, 0.1) is 5.92 Å². The van der Waals surface area contributed by atoms with E-state index in [4.69, 9.17) is 5.73 Å². The second-order valence-electron chi connectivity index (χ2n) is 5.78. The van der Waals surface area contributed by atoms with Crippen LogP contribution < -0.4 is 5.73 Å². The van der Waals surface area contributed by atoms with Crippen molar-refractivity contribution in [1.82, 2.24) is 4.90 Å². The fourth-order valence-electron chi connectivity index (χ4n) is 2.17. The summed E-state index contributed by atoms with van der Waals surface area (Å²) in [6.45, 7) is 8.48. The molecule has 102 valence electrons. The number of hydrogen-bond donors (Lipinski definition) is 1. The fourth-order valence-corrected chi connectivity index (χ4v) is 2.44. The largest absolute Gasteiger partial charge is 0.329 e. The Morgan fingerprint density at radius 1 is 1.28 bits per heavy atom. The van der Waals surface area contributed by atoms with Crippen LogP contribution >= 0.6 is 15.9 Å². The Hall–Kier alpha value is -0.380. The molecule has 18 heavy (non-hydrogen) atoms. The first-order chi connectivity index (χ1) is 8.37. The third-order valence-corrected chi connectivity index (χ3v) is 4.03. The number of benzene rings is 1. The van der Waals surface area contributed by atoms with Crippen molar-refractivity contribution in [3.05, 3.63) is 34.3 Å². The Bertz CT molecular complexity index is 361. The van der Waals surface area contributed by atoms with Gasteiger partial charge in [0.1, 0.15) is 0 Å². The van der Waals surface area contributed by atoms with Gasteiger partial charge in [0.25, 0.3) is 0 Å². The van der Waals surface area contributed by atoms with Crippen LogP contribution in [0.25, 0.3) is 0 Å². The maximum Gasteiger partial charge on any atom is 0.0340 e. The summed E-state index contributed by atoms with van der Waals surface area (Å²) in [6.07, 6.45) is 0.986. The predicted molar refractivity (Wildman–Crippen MR) is 82.8 cm³/mol. The second-order valence-corrected chi connectivity index (χ2v) is 6.69. The molecular weight excluding hydrogens is 288 g/mol. The highest BCUT2D eigenvalue weighted by atomic mass is 79.9. The summed E-state index contributed by atoms with van der Waals surface area (Å²) in [5, 5.41) is 0. The lowest BCUT2D eigenvalue weighted by molar-refractivity contribution is 0.128. The summed E-state index contributed by atoms with van der Waals surface area (Å²) in [5.41, 5.74) is 7.37. The number of rotatable bonds is 6. The maximum atomic E-state index is 6.01. The van der Waals surface area contributed by atoms with Crippen molar-refractivity contribution >= 4 is 15.9 Å². The molecule has 0 fully saturated rings. The first kappa shape index (κ1) is 15.7. The van der Waals surface area contributed by atoms with E-state index in [0.29, 0.717) is 12.5 Å². The van der Waals surface area contributed by atoms with Crippen molar-refractivity contribution in [2.24, 2.45) is 11.7 Å². The van der Waals surface area contributed by atoms with Gasteiger partial charge < -0.3 is 5.73 Å². The normalized spacial score (nSPS) is 15.1. The number of nitrogens with two attached hydrogens (primary N) is 1. The average Bonchev–Trinajstić information content (AvgIpc) is 2.31. The smallest absolute Gasteiger partial charge is 0.0340 e. The highest BCUT2D eigenvalue weighted by molar-refractivity contribution is 9.10. The van der Waals surface area contributed by atoms with Crippen LogP contribution in [0.5, 0.6) is 0 Å². The molecule has 1 rings (SSSR count). The summed E-state index contributed by atoms with van der Waals surface area (Å²) in [5.74, 6) is 0.658. The van der Waals surface area contributed by atoms with Gasteiger partial charge >= 0.3 is 0 Å². The first-order valence-electron chi connectivity index (χ1n) is 6.53. The molecule has 0 heterocycles. The molecule has 0 saturated heterocycles. The molecule has 1 atom stereocenters. The van der Waals surface area contributed by atoms with E-state index in [0.717, 1.165) is 17.4 Å². The van der Waals surface area contributed by atoms with Crippen LogP contribution in [0.4, 0.5) is 0 Å². The molecule has 1 aromatic rings. The Kier molecular flexibility index (Phi) is 5.83. The lowest BCUT2D eigenvalue weighted by Crippen LogP contribution is -2.52. The van der Waals surface area contributed by atoms with Gasteiger partial charge in [-0.3, -0.25) is 4.90 Å². The minimum Gasteiger partial charge on any atom is -0.329 e. The Morgan fingerprint density at radius 2 is 1.83 bits per heavy atom. The van der Waals surface area contributed by atoms with Crippen molar-refractivity contribution in [2.75, 3.05) is 20.1 Å². The molecule has 2 N–H and O–H groups in total. The molecule has 0 radical (unpaired) electrons. The zero-order valence-electron chi connectivity index (χ0n) is 11.9. The lowest BCUT2D eigenvalue weighted by atomic mass is 9.90. The van der Waals surface area contributed by atoms with Crippen molar-refractivity contribution < 1.29 is 0 Å². The summed E-state index contributed by atoms with van der Waals surface area (Å²) in [4.78, 5) is 2.39. The van der Waals surface area contributed by atoms with Crippen LogP contribution in [0.2, 0.25) is 0 Å². The predicted octanol–water partition coefficient (Wildman–Crippen LogP) is 3.30. The van der Waals surface area contributed by atoms with E-state index in [1.54, 1.807) is 0 Å². The van der Waals surface area contributed by atoms with Gasteiger partial charge in [0.15, 0.2) is 0 Å². The molecule has 0 spiro atoms. The molecule has 0 aliphatic rings. The van der Waals surface area contributed by atoms with Gasteiger partial charge in [-0.1, -0.05) is 41.9 Å². The van der Waals surface area contributed by atoms with Gasteiger partial charge in [0.05, 0.1) is 0 Å². The van der Waals surface area contributed by atoms with Gasteiger partial charge in [0.2, 0.25) is 0 Å². The van der Waals surface area contributed by atoms with E-state index < -0.39 is 0 Å². The summed E-state index contributed by atoms with van der Waals surface area (Å²) in [7, 11) is 2.17. The average molecular weight is 313 g/mol. The zero-order valence-corrected chi connectivity index (χ0v) is 13.5. The Labute approximate surface area is 120 Å². The van der Waals surface area contributed by atoms with Gasteiger partial charge in [-0.15, -0.1) is 0 Å². The molecule has 0 bridgehead atoms. The molecular formula is C15H25BrN2. The van der Waals surface area contributed by atoms with E-state index >= 15 is 0 Å².